The summed E-state index contributed by atoms with van der Waals surface area (Å²) in [5.41, 5.74) is 2.77. The molecule has 3 aromatic rings. The van der Waals surface area contributed by atoms with E-state index in [-0.39, 0.29) is 23.0 Å². The number of benzene rings is 2. The summed E-state index contributed by atoms with van der Waals surface area (Å²) in [7, 11) is -3.46. The van der Waals surface area contributed by atoms with Crippen molar-refractivity contribution in [3.8, 4) is 5.69 Å². The molecule has 2 aromatic carbocycles. The predicted molar refractivity (Wildman–Crippen MR) is 101 cm³/mol. The van der Waals surface area contributed by atoms with Crippen LogP contribution in [-0.4, -0.2) is 34.8 Å². The van der Waals surface area contributed by atoms with Crippen LogP contribution in [0.5, 0.6) is 0 Å². The fourth-order valence-corrected chi connectivity index (χ4v) is 3.73. The third-order valence-electron chi connectivity index (χ3n) is 4.09. The fraction of sp³-hybridized carbons (Fsp3) is 0.211. The maximum atomic E-state index is 12.3. The van der Waals surface area contributed by atoms with Gasteiger partial charge >= 0.3 is 0 Å². The molecule has 1 aromatic heterocycles. The van der Waals surface area contributed by atoms with Gasteiger partial charge in [-0.2, -0.15) is 5.10 Å². The first kappa shape index (κ1) is 18.8. The molecule has 0 atom stereocenters. The van der Waals surface area contributed by atoms with Crippen LogP contribution in [0, 0.1) is 6.92 Å². The maximum Gasteiger partial charge on any atom is 0.221 e. The van der Waals surface area contributed by atoms with Crippen molar-refractivity contribution >= 4 is 15.7 Å². The van der Waals surface area contributed by atoms with Crippen molar-refractivity contribution in [2.45, 2.75) is 24.8 Å². The van der Waals surface area contributed by atoms with Gasteiger partial charge in [0, 0.05) is 13.0 Å². The zero-order valence-corrected chi connectivity index (χ0v) is 15.7. The lowest BCUT2D eigenvalue weighted by atomic mass is 10.2. The van der Waals surface area contributed by atoms with Gasteiger partial charge in [0.2, 0.25) is 5.91 Å². The van der Waals surface area contributed by atoms with Crippen molar-refractivity contribution in [1.29, 1.82) is 0 Å². The number of nitrogens with one attached hydrogen (secondary N) is 1. The van der Waals surface area contributed by atoms with Crippen molar-refractivity contribution in [3.05, 3.63) is 72.3 Å². The molecule has 0 unspecified atom stereocenters. The molecule has 140 valence electrons. The Hall–Kier alpha value is -3.00. The topological polar surface area (TPSA) is 94.0 Å². The Bertz CT molecular complexity index is 996. The molecule has 0 aliphatic heterocycles. The van der Waals surface area contributed by atoms with Gasteiger partial charge in [-0.25, -0.2) is 18.1 Å². The first-order valence-electron chi connectivity index (χ1n) is 8.44. The third-order valence-corrected chi connectivity index (χ3v) is 5.82. The van der Waals surface area contributed by atoms with E-state index in [9.17, 15) is 13.2 Å². The number of sulfone groups is 1. The first-order valence-corrected chi connectivity index (χ1v) is 10.1. The van der Waals surface area contributed by atoms with Crippen LogP contribution >= 0.6 is 0 Å². The quantitative estimate of drug-likeness (QED) is 0.673. The molecule has 0 radical (unpaired) electrons. The van der Waals surface area contributed by atoms with Gasteiger partial charge in [-0.3, -0.25) is 4.79 Å². The number of carbonyl (C=O) groups excluding carboxylic acids is 1. The molecular formula is C19H20N4O3S. The van der Waals surface area contributed by atoms with Gasteiger partial charge in [-0.05, 0) is 36.8 Å². The molecule has 0 bridgehead atoms. The molecule has 27 heavy (non-hydrogen) atoms. The van der Waals surface area contributed by atoms with Crippen LogP contribution in [0.2, 0.25) is 0 Å². The molecule has 0 aliphatic carbocycles. The summed E-state index contributed by atoms with van der Waals surface area (Å²) in [6.07, 6.45) is 2.98. The lowest BCUT2D eigenvalue weighted by Gasteiger charge is -2.08. The molecule has 7 nitrogen and oxygen atoms in total. The van der Waals surface area contributed by atoms with Crippen molar-refractivity contribution in [3.63, 3.8) is 0 Å². The van der Waals surface area contributed by atoms with Gasteiger partial charge in [0.25, 0.3) is 0 Å². The van der Waals surface area contributed by atoms with Gasteiger partial charge in [0.15, 0.2) is 9.84 Å². The van der Waals surface area contributed by atoms with E-state index in [0.29, 0.717) is 6.54 Å². The van der Waals surface area contributed by atoms with Gasteiger partial charge in [-0.1, -0.05) is 29.8 Å². The monoisotopic (exact) mass is 384 g/mol. The molecule has 8 heteroatoms. The largest absolute Gasteiger partial charge is 0.352 e. The second-order valence-electron chi connectivity index (χ2n) is 6.17. The summed E-state index contributed by atoms with van der Waals surface area (Å²) >= 11 is 0. The zero-order valence-electron chi connectivity index (χ0n) is 14.9. The van der Waals surface area contributed by atoms with E-state index < -0.39 is 9.84 Å². The van der Waals surface area contributed by atoms with Crippen molar-refractivity contribution in [1.82, 2.24) is 20.1 Å². The second kappa shape index (κ2) is 8.13. The van der Waals surface area contributed by atoms with Crippen molar-refractivity contribution < 1.29 is 13.2 Å². The van der Waals surface area contributed by atoms with Crippen LogP contribution in [0.3, 0.4) is 0 Å². The third kappa shape index (κ3) is 5.01. The number of nitrogens with zero attached hydrogens (tertiary/aromatic N) is 3. The first-order chi connectivity index (χ1) is 12.9. The van der Waals surface area contributed by atoms with Gasteiger partial charge in [0.1, 0.15) is 12.7 Å². The van der Waals surface area contributed by atoms with E-state index in [2.05, 4.69) is 15.4 Å². The highest BCUT2D eigenvalue weighted by molar-refractivity contribution is 7.91. The summed E-state index contributed by atoms with van der Waals surface area (Å²) in [5.74, 6) is -0.515. The average molecular weight is 384 g/mol. The maximum absolute atomic E-state index is 12.3. The Morgan fingerprint density at radius 3 is 2.41 bits per heavy atom. The molecule has 3 rings (SSSR count). The zero-order chi connectivity index (χ0) is 19.3. The molecule has 0 saturated heterocycles. The molecule has 0 saturated carbocycles. The second-order valence-corrected chi connectivity index (χ2v) is 8.27. The minimum absolute atomic E-state index is 0.0761. The Kier molecular flexibility index (Phi) is 5.66. The van der Waals surface area contributed by atoms with Crippen LogP contribution in [-0.2, 0) is 21.2 Å². The molecule has 1 N–H and O–H groups in total. The summed E-state index contributed by atoms with van der Waals surface area (Å²) in [6.45, 7) is 2.23. The van der Waals surface area contributed by atoms with Gasteiger partial charge in [0.05, 0.1) is 16.3 Å². The standard InChI is InChI=1S/C19H20N4O3S/c1-15-2-8-18(9-3-15)27(25,26)11-10-19(24)21-12-16-4-6-17(7-5-16)23-14-20-13-22-23/h2-9,13-14H,10-12H2,1H3,(H,21,24). The number of aromatic nitrogens is 3. The minimum Gasteiger partial charge on any atom is -0.352 e. The van der Waals surface area contributed by atoms with Gasteiger partial charge < -0.3 is 5.32 Å². The van der Waals surface area contributed by atoms with E-state index in [4.69, 9.17) is 0 Å². The Balaban J connectivity index is 1.50. The number of hydrogen-bond acceptors (Lipinski definition) is 5. The molecule has 1 amide bonds. The molecule has 1 heterocycles. The summed E-state index contributed by atoms with van der Waals surface area (Å²) < 4.78 is 26.2. The van der Waals surface area contributed by atoms with Crippen LogP contribution in [0.1, 0.15) is 17.5 Å². The highest BCUT2D eigenvalue weighted by Crippen LogP contribution is 2.13. The average Bonchev–Trinajstić information content (AvgIpc) is 3.20. The minimum atomic E-state index is -3.46. The summed E-state index contributed by atoms with van der Waals surface area (Å²) in [5, 5.41) is 6.79. The smallest absolute Gasteiger partial charge is 0.221 e. The lowest BCUT2D eigenvalue weighted by Crippen LogP contribution is -2.25. The number of hydrogen-bond donors (Lipinski definition) is 1. The van der Waals surface area contributed by atoms with Crippen molar-refractivity contribution in [2.24, 2.45) is 0 Å². The Morgan fingerprint density at radius 1 is 1.07 bits per heavy atom. The summed E-state index contributed by atoms with van der Waals surface area (Å²) in [4.78, 5) is 16.1. The SMILES string of the molecule is Cc1ccc(S(=O)(=O)CCC(=O)NCc2ccc(-n3cncn3)cc2)cc1. The number of rotatable bonds is 7. The van der Waals surface area contributed by atoms with Gasteiger partial charge in [-0.15, -0.1) is 0 Å². The number of aryl methyl sites for hydroxylation is 1. The van der Waals surface area contributed by atoms with Crippen molar-refractivity contribution in [2.75, 3.05) is 5.75 Å². The van der Waals surface area contributed by atoms with Crippen LogP contribution in [0.4, 0.5) is 0 Å². The molecular weight excluding hydrogens is 364 g/mol. The van der Waals surface area contributed by atoms with Crippen LogP contribution in [0.25, 0.3) is 5.69 Å². The van der Waals surface area contributed by atoms with Crippen LogP contribution in [0.15, 0.2) is 66.1 Å². The highest BCUT2D eigenvalue weighted by Gasteiger charge is 2.16. The van der Waals surface area contributed by atoms with E-state index in [1.807, 2.05) is 31.2 Å². The van der Waals surface area contributed by atoms with E-state index >= 15 is 0 Å². The number of carbonyl (C=O) groups is 1. The normalized spacial score (nSPS) is 11.3. The molecule has 0 aliphatic rings. The highest BCUT2D eigenvalue weighted by atomic mass is 32.2. The Morgan fingerprint density at radius 2 is 1.78 bits per heavy atom. The Labute approximate surface area is 158 Å². The lowest BCUT2D eigenvalue weighted by molar-refractivity contribution is -0.120. The van der Waals surface area contributed by atoms with E-state index in [1.165, 1.54) is 6.33 Å². The summed E-state index contributed by atoms with van der Waals surface area (Å²) in [6, 6.07) is 14.1. The fourth-order valence-electron chi connectivity index (χ4n) is 2.49. The predicted octanol–water partition coefficient (Wildman–Crippen LogP) is 2.06. The van der Waals surface area contributed by atoms with E-state index in [1.54, 1.807) is 35.3 Å². The number of amides is 1. The van der Waals surface area contributed by atoms with Crippen LogP contribution < -0.4 is 5.32 Å². The molecule has 0 spiro atoms. The van der Waals surface area contributed by atoms with E-state index in [0.717, 1.165) is 16.8 Å². The molecule has 0 fully saturated rings.